The standard InChI is InChI=1S/2C10H16O2.2C4H10N2/c2*1-6(2)5-7-8(9(11)12)10(7,3)4;2*1-2-6-4-3-5-1/h2*5,7-8H,1-4H3,(H,11,12);2*5-6H,1-4H2/t7-,8+;7-,8-;;/m00../s1. The van der Waals surface area contributed by atoms with Crippen LogP contribution in [0.15, 0.2) is 23.3 Å². The molecular formula is C28H52N4O4. The second-order valence-electron chi connectivity index (χ2n) is 11.8. The van der Waals surface area contributed by atoms with Crippen molar-refractivity contribution >= 4 is 11.9 Å². The van der Waals surface area contributed by atoms with Gasteiger partial charge >= 0.3 is 11.9 Å². The van der Waals surface area contributed by atoms with E-state index in [-0.39, 0.29) is 34.5 Å². The average molecular weight is 509 g/mol. The van der Waals surface area contributed by atoms with E-state index in [4.69, 9.17) is 10.2 Å². The molecule has 2 heterocycles. The predicted molar refractivity (Wildman–Crippen MR) is 147 cm³/mol. The van der Waals surface area contributed by atoms with Crippen molar-refractivity contribution in [3.05, 3.63) is 23.3 Å². The van der Waals surface area contributed by atoms with Gasteiger partial charge in [0.2, 0.25) is 0 Å². The quantitative estimate of drug-likeness (QED) is 0.321. The lowest BCUT2D eigenvalue weighted by atomic mass is 10.1. The number of nitrogens with one attached hydrogen (secondary N) is 4. The summed E-state index contributed by atoms with van der Waals surface area (Å²) in [7, 11) is 0. The van der Waals surface area contributed by atoms with E-state index in [9.17, 15) is 9.59 Å². The molecule has 0 unspecified atom stereocenters. The summed E-state index contributed by atoms with van der Waals surface area (Å²) in [6, 6.07) is 0. The minimum absolute atomic E-state index is 0.0386. The van der Waals surface area contributed by atoms with Gasteiger partial charge in [0.25, 0.3) is 0 Å². The van der Waals surface area contributed by atoms with Crippen LogP contribution in [0.3, 0.4) is 0 Å². The highest BCUT2D eigenvalue weighted by Crippen LogP contribution is 2.60. The zero-order valence-corrected chi connectivity index (χ0v) is 23.8. The number of rotatable bonds is 4. The number of carboxylic acid groups (broad SMARTS) is 2. The molecule has 4 fully saturated rings. The van der Waals surface area contributed by atoms with Gasteiger partial charge in [-0.25, -0.2) is 0 Å². The normalized spacial score (nSPS) is 28.7. The van der Waals surface area contributed by atoms with Crippen molar-refractivity contribution in [2.24, 2.45) is 34.5 Å². The van der Waals surface area contributed by atoms with Crippen molar-refractivity contribution in [1.29, 1.82) is 0 Å². The number of hydrogen-bond donors (Lipinski definition) is 6. The number of aliphatic carboxylic acids is 2. The van der Waals surface area contributed by atoms with Crippen molar-refractivity contribution in [3.63, 3.8) is 0 Å². The Bertz CT molecular complexity index is 672. The number of carboxylic acids is 2. The third kappa shape index (κ3) is 10.7. The third-order valence-electron chi connectivity index (χ3n) is 7.29. The zero-order valence-electron chi connectivity index (χ0n) is 23.8. The molecule has 0 bridgehead atoms. The molecular weight excluding hydrogens is 456 g/mol. The Morgan fingerprint density at radius 3 is 0.917 bits per heavy atom. The van der Waals surface area contributed by atoms with E-state index in [1.54, 1.807) is 0 Å². The molecule has 0 aromatic rings. The van der Waals surface area contributed by atoms with E-state index in [2.05, 4.69) is 33.4 Å². The van der Waals surface area contributed by atoms with E-state index >= 15 is 0 Å². The summed E-state index contributed by atoms with van der Waals surface area (Å²) < 4.78 is 0. The summed E-state index contributed by atoms with van der Waals surface area (Å²) in [5.74, 6) is -1.20. The molecule has 0 spiro atoms. The zero-order chi connectivity index (χ0) is 27.5. The molecule has 0 aromatic heterocycles. The van der Waals surface area contributed by atoms with Crippen LogP contribution in [0, 0.1) is 34.5 Å². The Hall–Kier alpha value is -1.74. The number of allylic oxidation sites excluding steroid dienone is 4. The van der Waals surface area contributed by atoms with Gasteiger partial charge in [-0.3, -0.25) is 9.59 Å². The molecule has 2 aliphatic heterocycles. The van der Waals surface area contributed by atoms with Crippen LogP contribution in [0.1, 0.15) is 55.4 Å². The molecule has 208 valence electrons. The van der Waals surface area contributed by atoms with E-state index in [0.29, 0.717) is 0 Å². The van der Waals surface area contributed by atoms with Crippen molar-refractivity contribution in [3.8, 4) is 0 Å². The first-order chi connectivity index (χ1) is 16.7. The topological polar surface area (TPSA) is 123 Å². The van der Waals surface area contributed by atoms with Crippen LogP contribution in [-0.2, 0) is 9.59 Å². The maximum atomic E-state index is 10.7. The minimum Gasteiger partial charge on any atom is -0.481 e. The van der Waals surface area contributed by atoms with Crippen molar-refractivity contribution in [1.82, 2.24) is 21.3 Å². The molecule has 2 saturated carbocycles. The van der Waals surface area contributed by atoms with Crippen LogP contribution < -0.4 is 21.3 Å². The largest absolute Gasteiger partial charge is 0.481 e. The average Bonchev–Trinajstić information content (AvgIpc) is 3.57. The Morgan fingerprint density at radius 2 is 0.806 bits per heavy atom. The monoisotopic (exact) mass is 508 g/mol. The van der Waals surface area contributed by atoms with Gasteiger partial charge < -0.3 is 31.5 Å². The third-order valence-corrected chi connectivity index (χ3v) is 7.29. The Balaban J connectivity index is 0.000000252. The van der Waals surface area contributed by atoms with Crippen molar-refractivity contribution < 1.29 is 19.8 Å². The Labute approximate surface area is 218 Å². The SMILES string of the molecule is C1CNCCN1.C1CNCCN1.CC(C)=C[C@H]1[C@@H](C(=O)O)C1(C)C.CC(C)=C[C@H]1[C@H](C(=O)O)C1(C)C. The van der Waals surface area contributed by atoms with Gasteiger partial charge in [-0.1, -0.05) is 51.0 Å². The van der Waals surface area contributed by atoms with Gasteiger partial charge in [-0.05, 0) is 50.4 Å². The summed E-state index contributed by atoms with van der Waals surface area (Å²) in [6.07, 6.45) is 4.14. The number of hydrogen-bond acceptors (Lipinski definition) is 6. The number of piperazine rings is 2. The molecule has 6 N–H and O–H groups in total. The molecule has 36 heavy (non-hydrogen) atoms. The lowest BCUT2D eigenvalue weighted by Crippen LogP contribution is -2.39. The second-order valence-corrected chi connectivity index (χ2v) is 11.8. The molecule has 0 amide bonds. The van der Waals surface area contributed by atoms with Gasteiger partial charge in [-0.15, -0.1) is 0 Å². The van der Waals surface area contributed by atoms with E-state index in [1.807, 2.05) is 55.4 Å². The van der Waals surface area contributed by atoms with Crippen LogP contribution in [0.25, 0.3) is 0 Å². The lowest BCUT2D eigenvalue weighted by molar-refractivity contribution is -0.140. The fourth-order valence-electron chi connectivity index (χ4n) is 4.85. The smallest absolute Gasteiger partial charge is 0.307 e. The summed E-state index contributed by atoms with van der Waals surface area (Å²) >= 11 is 0. The van der Waals surface area contributed by atoms with Crippen LogP contribution in [0.5, 0.6) is 0 Å². The maximum Gasteiger partial charge on any atom is 0.307 e. The first kappa shape index (κ1) is 32.3. The highest BCUT2D eigenvalue weighted by Gasteiger charge is 2.61. The predicted octanol–water partition coefficient (Wildman–Crippen LogP) is 2.98. The van der Waals surface area contributed by atoms with Gasteiger partial charge in [0, 0.05) is 52.4 Å². The molecule has 0 radical (unpaired) electrons. The van der Waals surface area contributed by atoms with Crippen molar-refractivity contribution in [2.45, 2.75) is 55.4 Å². The van der Waals surface area contributed by atoms with Gasteiger partial charge in [-0.2, -0.15) is 0 Å². The minimum atomic E-state index is -0.664. The van der Waals surface area contributed by atoms with Gasteiger partial charge in [0.1, 0.15) is 0 Å². The Kier molecular flexibility index (Phi) is 13.3. The number of carbonyl (C=O) groups is 2. The van der Waals surface area contributed by atoms with Gasteiger partial charge in [0.05, 0.1) is 11.8 Å². The van der Waals surface area contributed by atoms with Crippen LogP contribution in [0.4, 0.5) is 0 Å². The summed E-state index contributed by atoms with van der Waals surface area (Å²) in [5, 5.41) is 30.6. The highest BCUT2D eigenvalue weighted by atomic mass is 16.4. The molecule has 4 atom stereocenters. The van der Waals surface area contributed by atoms with E-state index in [1.165, 1.54) is 11.1 Å². The van der Waals surface area contributed by atoms with Crippen LogP contribution in [0.2, 0.25) is 0 Å². The molecule has 4 rings (SSSR count). The first-order valence-electron chi connectivity index (χ1n) is 13.3. The second kappa shape index (κ2) is 14.9. The fourth-order valence-corrected chi connectivity index (χ4v) is 4.85. The summed E-state index contributed by atoms with van der Waals surface area (Å²) in [4.78, 5) is 21.5. The molecule has 4 aliphatic rings. The molecule has 2 aliphatic carbocycles. The summed E-state index contributed by atoms with van der Waals surface area (Å²) in [6.45, 7) is 25.2. The first-order valence-corrected chi connectivity index (χ1v) is 13.3. The molecule has 0 aromatic carbocycles. The highest BCUT2D eigenvalue weighted by molar-refractivity contribution is 5.76. The Morgan fingerprint density at radius 1 is 0.583 bits per heavy atom. The lowest BCUT2D eigenvalue weighted by Gasteiger charge is -2.11. The molecule has 2 saturated heterocycles. The van der Waals surface area contributed by atoms with E-state index in [0.717, 1.165) is 52.4 Å². The molecule has 8 heteroatoms. The maximum absolute atomic E-state index is 10.7. The van der Waals surface area contributed by atoms with Crippen molar-refractivity contribution in [2.75, 3.05) is 52.4 Å². The van der Waals surface area contributed by atoms with Crippen LogP contribution >= 0.6 is 0 Å². The van der Waals surface area contributed by atoms with Crippen LogP contribution in [-0.4, -0.2) is 74.5 Å². The molecule has 8 nitrogen and oxygen atoms in total. The van der Waals surface area contributed by atoms with Gasteiger partial charge in [0.15, 0.2) is 0 Å². The summed E-state index contributed by atoms with van der Waals surface area (Å²) in [5.41, 5.74) is 2.33. The van der Waals surface area contributed by atoms with E-state index < -0.39 is 11.9 Å². The fraction of sp³-hybridized carbons (Fsp3) is 0.786.